The van der Waals surface area contributed by atoms with Crippen LogP contribution in [-0.4, -0.2) is 117 Å². The number of amides is 1. The van der Waals surface area contributed by atoms with Gasteiger partial charge in [0.05, 0.1) is 31.1 Å². The number of carbonyl (C=O) groups excluding carboxylic acids is 2. The normalized spacial score (nSPS) is 25.1. The van der Waals surface area contributed by atoms with Crippen LogP contribution >= 0.6 is 0 Å². The molecule has 4 N–H and O–H groups in total. The molecule has 16 heteroatoms. The fraction of sp³-hybridized carbons (Fsp3) is 0.741. The maximum atomic E-state index is 13.2. The first-order chi connectivity index (χ1) is 20.2. The number of nitrogens with zero attached hydrogens (tertiary/aromatic N) is 6. The Morgan fingerprint density at radius 3 is 2.56 bits per heavy atom. The average molecular weight is 615 g/mol. The van der Waals surface area contributed by atoms with Crippen molar-refractivity contribution in [3.8, 4) is 0 Å². The number of aliphatic hydroxyl groups is 2. The number of likely N-dealkylation sites (N-methyl/N-ethyl adjacent to an activating group) is 1. The van der Waals surface area contributed by atoms with Gasteiger partial charge in [0.15, 0.2) is 23.1 Å². The van der Waals surface area contributed by atoms with Crippen molar-refractivity contribution >= 4 is 34.8 Å². The Labute approximate surface area is 247 Å². The number of imidazole rings is 1. The van der Waals surface area contributed by atoms with Crippen molar-refractivity contribution in [1.29, 1.82) is 0 Å². The summed E-state index contributed by atoms with van der Waals surface area (Å²) in [5.74, 6) is -1.90. The number of halogens is 3. The first kappa shape index (κ1) is 32.7. The number of hydrogen-bond donors (Lipinski definition) is 4. The number of carbonyl (C=O) groups is 2. The molecule has 0 bridgehead atoms. The second-order valence-corrected chi connectivity index (χ2v) is 11.9. The Morgan fingerprint density at radius 1 is 1.26 bits per heavy atom. The maximum Gasteiger partial charge on any atom is 0.490 e. The van der Waals surface area contributed by atoms with E-state index in [0.717, 1.165) is 6.42 Å². The molecule has 2 aromatic rings. The van der Waals surface area contributed by atoms with E-state index in [1.807, 2.05) is 32.8 Å². The van der Waals surface area contributed by atoms with Crippen LogP contribution in [0.5, 0.6) is 0 Å². The molecule has 1 saturated heterocycles. The Morgan fingerprint density at radius 2 is 1.98 bits per heavy atom. The Hall–Kier alpha value is -3.24. The highest BCUT2D eigenvalue weighted by Crippen LogP contribution is 2.38. The topological polar surface area (TPSA) is 158 Å². The van der Waals surface area contributed by atoms with Crippen molar-refractivity contribution in [2.75, 3.05) is 44.0 Å². The summed E-state index contributed by atoms with van der Waals surface area (Å²) in [7, 11) is 3.97. The van der Waals surface area contributed by atoms with Gasteiger partial charge in [0, 0.05) is 25.6 Å². The maximum absolute atomic E-state index is 13.2. The van der Waals surface area contributed by atoms with Gasteiger partial charge in [0.1, 0.15) is 6.10 Å². The van der Waals surface area contributed by atoms with Crippen molar-refractivity contribution in [3.63, 3.8) is 0 Å². The largest absolute Gasteiger partial charge is 0.490 e. The number of hydrogen-bond acceptors (Lipinski definition) is 11. The molecule has 6 atom stereocenters. The van der Waals surface area contributed by atoms with Crippen LogP contribution in [0.2, 0.25) is 0 Å². The highest BCUT2D eigenvalue weighted by Gasteiger charge is 2.51. The van der Waals surface area contributed by atoms with Gasteiger partial charge in [0.2, 0.25) is 11.9 Å². The summed E-state index contributed by atoms with van der Waals surface area (Å²) < 4.78 is 46.0. The van der Waals surface area contributed by atoms with Crippen LogP contribution in [0.15, 0.2) is 6.33 Å². The lowest BCUT2D eigenvalue weighted by atomic mass is 10.0. The molecule has 0 spiro atoms. The Kier molecular flexibility index (Phi) is 10.0. The van der Waals surface area contributed by atoms with Crippen molar-refractivity contribution in [2.24, 2.45) is 5.92 Å². The van der Waals surface area contributed by atoms with Gasteiger partial charge in [-0.3, -0.25) is 4.79 Å². The number of anilines is 2. The quantitative estimate of drug-likeness (QED) is 0.272. The summed E-state index contributed by atoms with van der Waals surface area (Å²) in [6.07, 6.45) is -5.66. The molecule has 4 rings (SSSR count). The number of nitrogens with one attached hydrogen (secondary N) is 2. The number of rotatable bonds is 11. The highest BCUT2D eigenvalue weighted by molar-refractivity contribution is 5.85. The number of alkyl halides is 3. The smallest absolute Gasteiger partial charge is 0.451 e. The first-order valence-electron chi connectivity index (χ1n) is 14.5. The lowest BCUT2D eigenvalue weighted by molar-refractivity contribution is -0.209. The molecular formula is C27H41F3N8O5. The monoisotopic (exact) mass is 614 g/mol. The third-order valence-corrected chi connectivity index (χ3v) is 8.03. The van der Waals surface area contributed by atoms with Gasteiger partial charge in [-0.15, -0.1) is 0 Å². The molecule has 1 unspecified atom stereocenters. The van der Waals surface area contributed by atoms with Crippen LogP contribution < -0.4 is 15.5 Å². The van der Waals surface area contributed by atoms with Crippen molar-refractivity contribution < 1.29 is 37.7 Å². The second kappa shape index (κ2) is 13.2. The molecule has 0 aromatic carbocycles. The van der Waals surface area contributed by atoms with Crippen LogP contribution in [0.1, 0.15) is 52.5 Å². The zero-order valence-electron chi connectivity index (χ0n) is 25.0. The second-order valence-electron chi connectivity index (χ2n) is 11.9. The third kappa shape index (κ3) is 7.29. The summed E-state index contributed by atoms with van der Waals surface area (Å²) in [5, 5.41) is 26.9. The predicted octanol–water partition coefficient (Wildman–Crippen LogP) is 1.46. The SMILES string of the molecule is CCC(=O)NC1C[C@@H](n2cnc3c(N[C@H](CO)CC(C)C)nc(N4CC[C@@H](N(C)C)C4)nc32)[C@H](OC(=O)C(F)(F)F)[C@@H]1O. The van der Waals surface area contributed by atoms with Gasteiger partial charge >= 0.3 is 12.1 Å². The molecule has 1 aliphatic heterocycles. The third-order valence-electron chi connectivity index (χ3n) is 8.03. The fourth-order valence-electron chi connectivity index (χ4n) is 5.73. The Balaban J connectivity index is 1.79. The van der Waals surface area contributed by atoms with E-state index in [1.165, 1.54) is 10.9 Å². The molecule has 2 aliphatic rings. The zero-order valence-corrected chi connectivity index (χ0v) is 25.0. The minimum atomic E-state index is -5.28. The molecule has 1 amide bonds. The minimum absolute atomic E-state index is 0.0463. The molecule has 240 valence electrons. The molecule has 2 fully saturated rings. The lowest BCUT2D eigenvalue weighted by Crippen LogP contribution is -2.45. The van der Waals surface area contributed by atoms with E-state index in [-0.39, 0.29) is 43.1 Å². The van der Waals surface area contributed by atoms with Gasteiger partial charge in [-0.1, -0.05) is 20.8 Å². The molecule has 13 nitrogen and oxygen atoms in total. The number of ether oxygens (including phenoxy) is 1. The molecule has 2 aromatic heterocycles. The fourth-order valence-corrected chi connectivity index (χ4v) is 5.73. The molecular weight excluding hydrogens is 573 g/mol. The van der Waals surface area contributed by atoms with E-state index in [1.54, 1.807) is 6.92 Å². The summed E-state index contributed by atoms with van der Waals surface area (Å²) in [5.41, 5.74) is 0.542. The van der Waals surface area contributed by atoms with Gasteiger partial charge in [-0.25, -0.2) is 9.78 Å². The standard InChI is InChI=1S/C27H41F3N8O5/c1-6-19(40)33-17-10-18(22(21(17)41)43-25(42)27(28,29)30)38-13-31-20-23(32-15(12-39)9-14(2)3)34-26(35-24(20)38)37-8-7-16(11-37)36(4)5/h13-18,21-22,39,41H,6-12H2,1-5H3,(H,33,40)(H,32,34,35)/t15-,16+,17?,18+,21+,22-/m0/s1. The van der Waals surface area contributed by atoms with Crippen molar-refractivity contribution in [1.82, 2.24) is 29.7 Å². The summed E-state index contributed by atoms with van der Waals surface area (Å²) >= 11 is 0. The van der Waals surface area contributed by atoms with E-state index in [0.29, 0.717) is 36.8 Å². The van der Waals surface area contributed by atoms with E-state index < -0.39 is 42.3 Å². The Bertz CT molecular complexity index is 1290. The molecule has 0 radical (unpaired) electrons. The van der Waals surface area contributed by atoms with Gasteiger partial charge in [-0.2, -0.15) is 23.1 Å². The highest BCUT2D eigenvalue weighted by atomic mass is 19.4. The van der Waals surface area contributed by atoms with Crippen molar-refractivity contribution in [3.05, 3.63) is 6.33 Å². The van der Waals surface area contributed by atoms with Crippen LogP contribution in [0.3, 0.4) is 0 Å². The average Bonchev–Trinajstić information content (AvgIpc) is 3.66. The minimum Gasteiger partial charge on any atom is -0.451 e. The van der Waals surface area contributed by atoms with Crippen LogP contribution in [0, 0.1) is 5.92 Å². The summed E-state index contributed by atoms with van der Waals surface area (Å²) in [4.78, 5) is 42.1. The van der Waals surface area contributed by atoms with E-state index in [4.69, 9.17) is 14.7 Å². The number of aromatic nitrogens is 4. The number of fused-ring (bicyclic) bond motifs is 1. The van der Waals surface area contributed by atoms with E-state index >= 15 is 0 Å². The van der Waals surface area contributed by atoms with Crippen LogP contribution in [0.4, 0.5) is 24.9 Å². The van der Waals surface area contributed by atoms with E-state index in [2.05, 4.69) is 20.5 Å². The van der Waals surface area contributed by atoms with E-state index in [9.17, 15) is 33.0 Å². The van der Waals surface area contributed by atoms with Gasteiger partial charge in [0.25, 0.3) is 0 Å². The summed E-state index contributed by atoms with van der Waals surface area (Å²) in [6, 6.07) is -2.12. The molecule has 43 heavy (non-hydrogen) atoms. The molecule has 3 heterocycles. The zero-order chi connectivity index (χ0) is 31.6. The van der Waals surface area contributed by atoms with Crippen LogP contribution in [0.25, 0.3) is 11.2 Å². The number of esters is 1. The first-order valence-corrected chi connectivity index (χ1v) is 14.5. The van der Waals surface area contributed by atoms with Crippen LogP contribution in [-0.2, 0) is 14.3 Å². The lowest BCUT2D eigenvalue weighted by Gasteiger charge is -2.25. The number of aliphatic hydroxyl groups excluding tert-OH is 2. The predicted molar refractivity (Wildman–Crippen MR) is 151 cm³/mol. The molecule has 1 saturated carbocycles. The van der Waals surface area contributed by atoms with Gasteiger partial charge < -0.3 is 40.0 Å². The summed E-state index contributed by atoms with van der Waals surface area (Å²) in [6.45, 7) is 6.77. The van der Waals surface area contributed by atoms with Gasteiger partial charge in [-0.05, 0) is 39.3 Å². The molecule has 1 aliphatic carbocycles. The van der Waals surface area contributed by atoms with Crippen molar-refractivity contribution in [2.45, 2.75) is 89.0 Å².